The lowest BCUT2D eigenvalue weighted by atomic mass is 10.0. The van der Waals surface area contributed by atoms with E-state index in [1.54, 1.807) is 12.4 Å². The highest BCUT2D eigenvalue weighted by Crippen LogP contribution is 2.26. The second kappa shape index (κ2) is 5.76. The molecule has 4 nitrogen and oxygen atoms in total. The van der Waals surface area contributed by atoms with Crippen molar-refractivity contribution >= 4 is 11.4 Å². The summed E-state index contributed by atoms with van der Waals surface area (Å²) in [4.78, 5) is 10.8. The van der Waals surface area contributed by atoms with Crippen molar-refractivity contribution in [3.63, 3.8) is 0 Å². The summed E-state index contributed by atoms with van der Waals surface area (Å²) in [6, 6.07) is 10.0. The summed E-state index contributed by atoms with van der Waals surface area (Å²) >= 11 is 0. The van der Waals surface area contributed by atoms with Crippen molar-refractivity contribution < 1.29 is 0 Å². The number of nitriles is 1. The van der Waals surface area contributed by atoms with Crippen LogP contribution < -0.4 is 4.90 Å². The molecule has 0 aromatic carbocycles. The average Bonchev–Trinajstić information content (AvgIpc) is 2.56. The van der Waals surface area contributed by atoms with Crippen molar-refractivity contribution in [2.24, 2.45) is 0 Å². The highest BCUT2D eigenvalue weighted by molar-refractivity contribution is 5.72. The van der Waals surface area contributed by atoms with Crippen LogP contribution in [0.3, 0.4) is 0 Å². The maximum Gasteiger partial charge on any atom is 0.147 e. The van der Waals surface area contributed by atoms with Gasteiger partial charge < -0.3 is 4.90 Å². The number of nitrogens with zero attached hydrogens (tertiary/aromatic N) is 4. The number of hydrogen-bond donors (Lipinski definition) is 0. The van der Waals surface area contributed by atoms with Crippen LogP contribution in [0, 0.1) is 18.3 Å². The molecule has 0 unspecified atom stereocenters. The summed E-state index contributed by atoms with van der Waals surface area (Å²) in [7, 11) is 0. The quantitative estimate of drug-likeness (QED) is 0.846. The molecule has 0 atom stereocenters. The molecule has 2 aromatic heterocycles. The number of rotatable bonds is 2. The molecule has 1 aliphatic rings. The van der Waals surface area contributed by atoms with Gasteiger partial charge in [0.2, 0.25) is 0 Å². The van der Waals surface area contributed by atoms with Crippen molar-refractivity contribution in [1.82, 2.24) is 9.97 Å². The zero-order valence-corrected chi connectivity index (χ0v) is 12.0. The molecular weight excluding hydrogens is 260 g/mol. The second-order valence-corrected chi connectivity index (χ2v) is 5.11. The molecule has 2 aromatic rings. The van der Waals surface area contributed by atoms with E-state index in [0.29, 0.717) is 5.56 Å². The topological polar surface area (TPSA) is 52.8 Å². The summed E-state index contributed by atoms with van der Waals surface area (Å²) < 4.78 is 0. The minimum absolute atomic E-state index is 0.636. The lowest BCUT2D eigenvalue weighted by molar-refractivity contribution is 0.811. The predicted molar refractivity (Wildman–Crippen MR) is 82.7 cm³/mol. The van der Waals surface area contributed by atoms with Gasteiger partial charge in [0.05, 0.1) is 5.56 Å². The minimum Gasteiger partial charge on any atom is -0.351 e. The standard InChI is InChI=1S/C17H16N4/c1-13-4-5-15(11-18)17(20-13)21-10-2-3-16(12-21)14-6-8-19-9-7-14/h3-9H,2,10,12H2,1H3. The van der Waals surface area contributed by atoms with Crippen molar-refractivity contribution in [3.8, 4) is 6.07 Å². The molecule has 104 valence electrons. The molecule has 0 radical (unpaired) electrons. The van der Waals surface area contributed by atoms with E-state index in [0.717, 1.165) is 31.0 Å². The first-order valence-corrected chi connectivity index (χ1v) is 7.00. The summed E-state index contributed by atoms with van der Waals surface area (Å²) in [6.45, 7) is 3.61. The van der Waals surface area contributed by atoms with Crippen molar-refractivity contribution in [2.75, 3.05) is 18.0 Å². The van der Waals surface area contributed by atoms with E-state index in [1.807, 2.05) is 31.2 Å². The van der Waals surface area contributed by atoms with Crippen molar-refractivity contribution in [3.05, 3.63) is 59.6 Å². The summed E-state index contributed by atoms with van der Waals surface area (Å²) in [5.74, 6) is 0.789. The van der Waals surface area contributed by atoms with Gasteiger partial charge in [0.1, 0.15) is 11.9 Å². The van der Waals surface area contributed by atoms with Crippen LogP contribution in [0.5, 0.6) is 0 Å². The third-order valence-electron chi connectivity index (χ3n) is 3.64. The van der Waals surface area contributed by atoms with Gasteiger partial charge in [-0.15, -0.1) is 0 Å². The highest BCUT2D eigenvalue weighted by Gasteiger charge is 2.18. The van der Waals surface area contributed by atoms with E-state index in [9.17, 15) is 5.26 Å². The molecule has 0 aliphatic carbocycles. The first kappa shape index (κ1) is 13.3. The highest BCUT2D eigenvalue weighted by atomic mass is 15.2. The van der Waals surface area contributed by atoms with Crippen LogP contribution in [0.4, 0.5) is 5.82 Å². The Morgan fingerprint density at radius 3 is 2.76 bits per heavy atom. The molecule has 4 heteroatoms. The van der Waals surface area contributed by atoms with Gasteiger partial charge in [0, 0.05) is 31.2 Å². The molecule has 1 aliphatic heterocycles. The van der Waals surface area contributed by atoms with E-state index in [2.05, 4.69) is 27.0 Å². The maximum atomic E-state index is 9.28. The largest absolute Gasteiger partial charge is 0.351 e. The van der Waals surface area contributed by atoms with Crippen molar-refractivity contribution in [1.29, 1.82) is 5.26 Å². The van der Waals surface area contributed by atoms with Crippen LogP contribution in [0.2, 0.25) is 0 Å². The molecule has 0 bridgehead atoms. The van der Waals surface area contributed by atoms with Gasteiger partial charge in [0.25, 0.3) is 0 Å². The van der Waals surface area contributed by atoms with Gasteiger partial charge in [-0.25, -0.2) is 4.98 Å². The predicted octanol–water partition coefficient (Wildman–Crippen LogP) is 2.95. The van der Waals surface area contributed by atoms with Crippen LogP contribution in [0.1, 0.15) is 23.2 Å². The molecule has 0 amide bonds. The number of aryl methyl sites for hydroxylation is 1. The Balaban J connectivity index is 1.91. The molecule has 0 fully saturated rings. The molecule has 0 saturated heterocycles. The van der Waals surface area contributed by atoms with Gasteiger partial charge in [-0.05, 0) is 48.7 Å². The third-order valence-corrected chi connectivity index (χ3v) is 3.64. The molecule has 0 spiro atoms. The van der Waals surface area contributed by atoms with Crippen LogP contribution in [0.15, 0.2) is 42.7 Å². The number of hydrogen-bond acceptors (Lipinski definition) is 4. The number of anilines is 1. The van der Waals surface area contributed by atoms with E-state index >= 15 is 0 Å². The lowest BCUT2D eigenvalue weighted by Crippen LogP contribution is -2.31. The molecule has 3 rings (SSSR count). The molecule has 3 heterocycles. The first-order chi connectivity index (χ1) is 10.3. The Hall–Kier alpha value is -2.67. The van der Waals surface area contributed by atoms with Gasteiger partial charge in [0.15, 0.2) is 0 Å². The summed E-state index contributed by atoms with van der Waals surface area (Å²) in [5, 5.41) is 9.28. The van der Waals surface area contributed by atoms with Gasteiger partial charge >= 0.3 is 0 Å². The summed E-state index contributed by atoms with van der Waals surface area (Å²) in [5.41, 5.74) is 4.01. The van der Waals surface area contributed by atoms with E-state index in [-0.39, 0.29) is 0 Å². The Bertz CT molecular complexity index is 713. The SMILES string of the molecule is Cc1ccc(C#N)c(N2CCC=C(c3ccncc3)C2)n1. The molecule has 0 N–H and O–H groups in total. The van der Waals surface area contributed by atoms with Gasteiger partial charge in [-0.1, -0.05) is 6.08 Å². The Morgan fingerprint density at radius 1 is 1.19 bits per heavy atom. The normalized spacial score (nSPS) is 14.5. The van der Waals surface area contributed by atoms with Crippen LogP contribution in [-0.2, 0) is 0 Å². The van der Waals surface area contributed by atoms with Crippen LogP contribution in [0.25, 0.3) is 5.57 Å². The van der Waals surface area contributed by atoms with E-state index < -0.39 is 0 Å². The average molecular weight is 276 g/mol. The zero-order valence-electron chi connectivity index (χ0n) is 12.0. The summed E-state index contributed by atoms with van der Waals surface area (Å²) in [6.07, 6.45) is 6.83. The lowest BCUT2D eigenvalue weighted by Gasteiger charge is -2.29. The second-order valence-electron chi connectivity index (χ2n) is 5.11. The van der Waals surface area contributed by atoms with Crippen molar-refractivity contribution in [2.45, 2.75) is 13.3 Å². The fourth-order valence-electron chi connectivity index (χ4n) is 2.57. The Morgan fingerprint density at radius 2 is 2.00 bits per heavy atom. The van der Waals surface area contributed by atoms with Gasteiger partial charge in [-0.2, -0.15) is 5.26 Å². The minimum atomic E-state index is 0.636. The fraction of sp³-hybridized carbons (Fsp3) is 0.235. The molecule has 0 saturated carbocycles. The zero-order chi connectivity index (χ0) is 14.7. The fourth-order valence-corrected chi connectivity index (χ4v) is 2.57. The number of pyridine rings is 2. The maximum absolute atomic E-state index is 9.28. The molecular formula is C17H16N4. The third kappa shape index (κ3) is 2.77. The molecule has 21 heavy (non-hydrogen) atoms. The Labute approximate surface area is 124 Å². The van der Waals surface area contributed by atoms with Gasteiger partial charge in [-0.3, -0.25) is 4.98 Å². The van der Waals surface area contributed by atoms with E-state index in [1.165, 1.54) is 11.1 Å². The monoisotopic (exact) mass is 276 g/mol. The van der Waals surface area contributed by atoms with E-state index in [4.69, 9.17) is 0 Å². The Kier molecular flexibility index (Phi) is 3.65. The van der Waals surface area contributed by atoms with Crippen LogP contribution >= 0.6 is 0 Å². The van der Waals surface area contributed by atoms with Crippen LogP contribution in [-0.4, -0.2) is 23.1 Å². The smallest absolute Gasteiger partial charge is 0.147 e. The first-order valence-electron chi connectivity index (χ1n) is 7.00. The number of aromatic nitrogens is 2.